The van der Waals surface area contributed by atoms with Gasteiger partial charge < -0.3 is 15.0 Å². The topological polar surface area (TPSA) is 112 Å². The fraction of sp³-hybridized carbons (Fsp3) is 0.417. The van der Waals surface area contributed by atoms with Crippen LogP contribution in [0.4, 0.5) is 10.5 Å². The molecule has 1 N–H and O–H groups in total. The number of ether oxygens (including phenoxy) is 1. The molecule has 3 aromatic carbocycles. The van der Waals surface area contributed by atoms with E-state index in [0.717, 1.165) is 11.1 Å². The van der Waals surface area contributed by atoms with Crippen molar-refractivity contribution in [3.05, 3.63) is 93.5 Å². The number of hydrogen-bond acceptors (Lipinski definition) is 7. The molecule has 1 fully saturated rings. The fourth-order valence-corrected chi connectivity index (χ4v) is 6.68. The van der Waals surface area contributed by atoms with E-state index in [4.69, 9.17) is 32.9 Å². The number of aliphatic imine (C=N–C) groups is 1. The second kappa shape index (κ2) is 16.3. The first-order valence-electron chi connectivity index (χ1n) is 16.3. The van der Waals surface area contributed by atoms with Crippen LogP contribution >= 0.6 is 35.6 Å². The van der Waals surface area contributed by atoms with Crippen molar-refractivity contribution < 1.29 is 22.7 Å². The number of piperazine rings is 1. The van der Waals surface area contributed by atoms with Crippen LogP contribution in [0.25, 0.3) is 0 Å². The number of carbonyl (C=O) groups is 2. The Bertz CT molecular complexity index is 1810. The van der Waals surface area contributed by atoms with Gasteiger partial charge in [0.05, 0.1) is 24.0 Å². The van der Waals surface area contributed by atoms with Gasteiger partial charge in [-0.25, -0.2) is 13.2 Å². The first-order chi connectivity index (χ1) is 23.1. The summed E-state index contributed by atoms with van der Waals surface area (Å²) in [5, 5.41) is 4.13. The van der Waals surface area contributed by atoms with Gasteiger partial charge in [-0.05, 0) is 54.4 Å². The quantitative estimate of drug-likeness (QED) is 0.249. The van der Waals surface area contributed by atoms with Gasteiger partial charge in [0.25, 0.3) is 0 Å². The van der Waals surface area contributed by atoms with Gasteiger partial charge in [-0.1, -0.05) is 68.2 Å². The molecular weight excluding hydrogens is 721 g/mol. The van der Waals surface area contributed by atoms with Gasteiger partial charge in [0.2, 0.25) is 5.91 Å². The molecule has 0 saturated carbocycles. The molecule has 0 bridgehead atoms. The zero-order valence-corrected chi connectivity index (χ0v) is 32.0. The van der Waals surface area contributed by atoms with Crippen LogP contribution in [0.3, 0.4) is 0 Å². The summed E-state index contributed by atoms with van der Waals surface area (Å²) in [7, 11) is -3.11. The third-order valence-electron chi connectivity index (χ3n) is 8.58. The van der Waals surface area contributed by atoms with Gasteiger partial charge in [-0.3, -0.25) is 19.6 Å². The molecule has 2 heterocycles. The molecule has 3 amide bonds. The third-order valence-corrected chi connectivity index (χ3v) is 10.0. The maximum absolute atomic E-state index is 14.8. The van der Waals surface area contributed by atoms with Crippen molar-refractivity contribution in [2.24, 2.45) is 10.4 Å². The molecule has 5 rings (SSSR count). The lowest BCUT2D eigenvalue weighted by Gasteiger charge is -2.39. The van der Waals surface area contributed by atoms with Crippen LogP contribution in [0.2, 0.25) is 10.0 Å². The van der Waals surface area contributed by atoms with Gasteiger partial charge in [0, 0.05) is 66.2 Å². The molecule has 0 radical (unpaired) electrons. The van der Waals surface area contributed by atoms with Crippen molar-refractivity contribution in [3.63, 3.8) is 0 Å². The van der Waals surface area contributed by atoms with E-state index in [-0.39, 0.29) is 30.1 Å². The fourth-order valence-electron chi connectivity index (χ4n) is 5.84. The van der Waals surface area contributed by atoms with Crippen LogP contribution in [0, 0.1) is 5.41 Å². The Labute approximate surface area is 311 Å². The first-order valence-corrected chi connectivity index (χ1v) is 19.1. The average Bonchev–Trinajstić information content (AvgIpc) is 3.44. The van der Waals surface area contributed by atoms with Crippen LogP contribution in [0.5, 0.6) is 5.75 Å². The number of carbonyl (C=O) groups excluding carboxylic acids is 2. The van der Waals surface area contributed by atoms with Gasteiger partial charge in [0.1, 0.15) is 27.5 Å². The molecule has 2 atom stereocenters. The molecule has 2 aliphatic heterocycles. The minimum absolute atomic E-state index is 0. The summed E-state index contributed by atoms with van der Waals surface area (Å²) < 4.78 is 29.7. The maximum Gasteiger partial charge on any atom is 0.326 e. The Kier molecular flexibility index (Phi) is 12.9. The largest absolute Gasteiger partial charge is 0.493 e. The van der Waals surface area contributed by atoms with Gasteiger partial charge >= 0.3 is 6.03 Å². The monoisotopic (exact) mass is 763 g/mol. The number of amidine groups is 1. The number of hydrogen-bond donors (Lipinski definition) is 1. The van der Waals surface area contributed by atoms with E-state index in [0.29, 0.717) is 72.2 Å². The Hall–Kier alpha value is -3.35. The minimum Gasteiger partial charge on any atom is -0.493 e. The number of rotatable bonds is 9. The standard InChI is InChI=1S/C36H43Cl2N5O5S.ClH/c1-6-48-30-23-28(39-34(44)36(2,3)4)15-16-29(30)33-40-31(24-7-11-26(37)12-8-24)32(25-9-13-27(38)14-10-25)43(33)35(45)42-19-17-41(18-20-42)21-22-49(5,46)47;/h7-16,23,31-32H,6,17-22H2,1-5H3,(H,39,44);1H/t31-,32+;/m0./s1. The molecule has 0 spiro atoms. The minimum atomic E-state index is -3.11. The Morgan fingerprint density at radius 2 is 1.50 bits per heavy atom. The van der Waals surface area contributed by atoms with Gasteiger partial charge in [-0.15, -0.1) is 12.4 Å². The molecule has 1 saturated heterocycles. The first kappa shape index (κ1) is 39.4. The molecule has 0 aliphatic carbocycles. The predicted octanol–water partition coefficient (Wildman–Crippen LogP) is 7.13. The second-order valence-electron chi connectivity index (χ2n) is 13.4. The lowest BCUT2D eigenvalue weighted by Crippen LogP contribution is -2.54. The van der Waals surface area contributed by atoms with Crippen molar-refractivity contribution in [1.29, 1.82) is 0 Å². The molecular formula is C36H44Cl3N5O5S. The van der Waals surface area contributed by atoms with Crippen molar-refractivity contribution in [1.82, 2.24) is 14.7 Å². The number of anilines is 1. The van der Waals surface area contributed by atoms with Crippen LogP contribution in [0.1, 0.15) is 56.5 Å². The van der Waals surface area contributed by atoms with E-state index in [9.17, 15) is 18.0 Å². The number of nitrogens with one attached hydrogen (secondary N) is 1. The predicted molar refractivity (Wildman–Crippen MR) is 203 cm³/mol. The summed E-state index contributed by atoms with van der Waals surface area (Å²) in [5.41, 5.74) is 2.28. The van der Waals surface area contributed by atoms with E-state index < -0.39 is 27.3 Å². The lowest BCUT2D eigenvalue weighted by molar-refractivity contribution is -0.123. The molecule has 50 heavy (non-hydrogen) atoms. The van der Waals surface area contributed by atoms with Crippen molar-refractivity contribution in [2.75, 3.05) is 56.7 Å². The van der Waals surface area contributed by atoms with E-state index in [1.165, 1.54) is 6.26 Å². The average molecular weight is 765 g/mol. The number of urea groups is 1. The highest BCUT2D eigenvalue weighted by Gasteiger charge is 2.45. The highest BCUT2D eigenvalue weighted by molar-refractivity contribution is 7.90. The highest BCUT2D eigenvalue weighted by Crippen LogP contribution is 2.46. The van der Waals surface area contributed by atoms with Crippen molar-refractivity contribution >= 4 is 68.9 Å². The van der Waals surface area contributed by atoms with Gasteiger partial charge in [-0.2, -0.15) is 0 Å². The van der Waals surface area contributed by atoms with E-state index in [1.54, 1.807) is 34.1 Å². The Morgan fingerprint density at radius 1 is 0.920 bits per heavy atom. The molecule has 0 unspecified atom stereocenters. The number of amides is 3. The normalized spacial score (nSPS) is 18.3. The summed E-state index contributed by atoms with van der Waals surface area (Å²) in [4.78, 5) is 38.5. The Balaban J connectivity index is 0.00000562. The zero-order chi connectivity index (χ0) is 35.5. The second-order valence-corrected chi connectivity index (χ2v) is 16.5. The number of sulfone groups is 1. The lowest BCUT2D eigenvalue weighted by atomic mass is 9.93. The number of benzene rings is 3. The van der Waals surface area contributed by atoms with Gasteiger partial charge in [0.15, 0.2) is 0 Å². The van der Waals surface area contributed by atoms with E-state index >= 15 is 0 Å². The highest BCUT2D eigenvalue weighted by atomic mass is 35.5. The maximum atomic E-state index is 14.8. The molecule has 14 heteroatoms. The summed E-state index contributed by atoms with van der Waals surface area (Å²) in [5.74, 6) is 0.834. The molecule has 2 aliphatic rings. The van der Waals surface area contributed by atoms with Crippen LogP contribution in [-0.2, 0) is 14.6 Å². The van der Waals surface area contributed by atoms with Crippen molar-refractivity contribution in [2.45, 2.75) is 39.8 Å². The SMILES string of the molecule is CCOc1cc(NC(=O)C(C)(C)C)ccc1C1=N[C@@H](c2ccc(Cl)cc2)[C@@H](c2ccc(Cl)cc2)N1C(=O)N1CCN(CCS(C)(=O)=O)CC1.Cl. The Morgan fingerprint density at radius 3 is 2.04 bits per heavy atom. The number of nitrogens with zero attached hydrogens (tertiary/aromatic N) is 4. The molecule has 0 aromatic heterocycles. The molecule has 3 aromatic rings. The summed E-state index contributed by atoms with van der Waals surface area (Å²) >= 11 is 12.6. The number of halogens is 3. The molecule has 270 valence electrons. The smallest absolute Gasteiger partial charge is 0.326 e. The van der Waals surface area contributed by atoms with E-state index in [2.05, 4.69) is 10.2 Å². The van der Waals surface area contributed by atoms with Crippen molar-refractivity contribution in [3.8, 4) is 5.75 Å². The third kappa shape index (κ3) is 9.50. The van der Waals surface area contributed by atoms with Crippen LogP contribution in [0.15, 0.2) is 71.7 Å². The zero-order valence-electron chi connectivity index (χ0n) is 28.9. The van der Waals surface area contributed by atoms with E-state index in [1.807, 2.05) is 70.2 Å². The molecule has 10 nitrogen and oxygen atoms in total. The van der Waals surface area contributed by atoms with Crippen LogP contribution in [-0.4, -0.2) is 92.2 Å². The summed E-state index contributed by atoms with van der Waals surface area (Å²) in [6, 6.07) is 19.0. The summed E-state index contributed by atoms with van der Waals surface area (Å²) in [6.07, 6.45) is 1.23. The van der Waals surface area contributed by atoms with Crippen LogP contribution < -0.4 is 10.1 Å². The summed E-state index contributed by atoms with van der Waals surface area (Å²) in [6.45, 7) is 10.1.